The lowest BCUT2D eigenvalue weighted by molar-refractivity contribution is -0.884. The van der Waals surface area contributed by atoms with Gasteiger partial charge in [0.2, 0.25) is 6.16 Å². The SMILES string of the molecule is CCCC[P+](c1ccccc1)(c1ccccc1)c1ccccc1.C[N+](C)(C)Cc1ccccc1.O=C([O-])O.[Cl-]. The molecule has 1 N–H and O–H groups in total. The smallest absolute Gasteiger partial charge is 0.249 e. The number of quaternary nitrogens is 1. The summed E-state index contributed by atoms with van der Waals surface area (Å²) in [5.41, 5.74) is 1.40. The van der Waals surface area contributed by atoms with Crippen LogP contribution in [0.15, 0.2) is 121 Å². The Morgan fingerprint density at radius 1 is 0.692 bits per heavy atom. The van der Waals surface area contributed by atoms with E-state index >= 15 is 0 Å². The molecule has 0 atom stereocenters. The lowest BCUT2D eigenvalue weighted by Gasteiger charge is -2.27. The van der Waals surface area contributed by atoms with E-state index in [2.05, 4.69) is 149 Å². The Morgan fingerprint density at radius 2 is 1.00 bits per heavy atom. The standard InChI is InChI=1S/C22H24P.C10H16N.CH2O3.ClH/c1-2-3-19-23(20-13-7-4-8-14-20,21-15-9-5-10-16-21)22-17-11-6-12-18-22;1-11(2,3)9-10-7-5-4-6-8-10;2-1(3)4;/h4-18H,2-3,19H2,1H3;4-8H,9H2,1-3H3;(H2,2,3,4);1H/q2*+1;;/p-2. The van der Waals surface area contributed by atoms with E-state index in [-0.39, 0.29) is 12.4 Å². The van der Waals surface area contributed by atoms with Gasteiger partial charge in [-0.15, -0.1) is 0 Å². The first-order valence-corrected chi connectivity index (χ1v) is 15.0. The molecule has 0 spiro atoms. The largest absolute Gasteiger partial charge is 1.00 e. The van der Waals surface area contributed by atoms with Crippen molar-refractivity contribution in [3.8, 4) is 0 Å². The number of carboxylic acid groups (broad SMARTS) is 2. The summed E-state index contributed by atoms with van der Waals surface area (Å²) in [5, 5.41) is 19.8. The van der Waals surface area contributed by atoms with Gasteiger partial charge in [0.15, 0.2) is 0 Å². The predicted octanol–water partition coefficient (Wildman–Crippen LogP) is 2.57. The maximum absolute atomic E-state index is 8.44. The number of carbonyl (C=O) groups is 1. The minimum atomic E-state index is -2.08. The quantitative estimate of drug-likeness (QED) is 0.264. The van der Waals surface area contributed by atoms with Crippen LogP contribution in [0.4, 0.5) is 4.79 Å². The van der Waals surface area contributed by atoms with Crippen molar-refractivity contribution in [2.24, 2.45) is 0 Å². The van der Waals surface area contributed by atoms with Gasteiger partial charge in [0.05, 0.1) is 27.3 Å². The van der Waals surface area contributed by atoms with Crippen LogP contribution < -0.4 is 33.4 Å². The van der Waals surface area contributed by atoms with E-state index < -0.39 is 13.4 Å². The normalized spacial score (nSPS) is 10.6. The molecule has 4 aromatic rings. The number of hydrogen-bond acceptors (Lipinski definition) is 2. The molecule has 4 nitrogen and oxygen atoms in total. The Labute approximate surface area is 241 Å². The van der Waals surface area contributed by atoms with Crippen LogP contribution in [0.5, 0.6) is 0 Å². The summed E-state index contributed by atoms with van der Waals surface area (Å²) in [6.07, 6.45) is 1.64. The number of hydrogen-bond donors (Lipinski definition) is 1. The van der Waals surface area contributed by atoms with E-state index in [1.807, 2.05) is 0 Å². The highest BCUT2D eigenvalue weighted by atomic mass is 35.5. The van der Waals surface area contributed by atoms with Gasteiger partial charge in [-0.2, -0.15) is 0 Å². The number of halogens is 1. The molecule has 4 rings (SSSR count). The van der Waals surface area contributed by atoms with Gasteiger partial charge < -0.3 is 31.9 Å². The molecule has 39 heavy (non-hydrogen) atoms. The van der Waals surface area contributed by atoms with Gasteiger partial charge in [0.25, 0.3) is 0 Å². The van der Waals surface area contributed by atoms with E-state index in [1.54, 1.807) is 0 Å². The molecule has 0 amide bonds. The number of rotatable bonds is 8. The van der Waals surface area contributed by atoms with E-state index in [0.717, 1.165) is 11.0 Å². The van der Waals surface area contributed by atoms with Crippen LogP contribution in [0.2, 0.25) is 0 Å². The summed E-state index contributed by atoms with van der Waals surface area (Å²) in [7, 11) is 5.03. The van der Waals surface area contributed by atoms with Gasteiger partial charge in [0, 0.05) is 5.56 Å². The third-order valence-electron chi connectivity index (χ3n) is 5.94. The van der Waals surface area contributed by atoms with E-state index in [0.29, 0.717) is 0 Å². The third-order valence-corrected chi connectivity index (χ3v) is 10.5. The molecule has 208 valence electrons. The van der Waals surface area contributed by atoms with Crippen molar-refractivity contribution in [2.45, 2.75) is 26.3 Å². The Kier molecular flexibility index (Phi) is 15.1. The molecular formula is C33H41ClNO3P. The molecule has 0 fully saturated rings. The van der Waals surface area contributed by atoms with Gasteiger partial charge >= 0.3 is 0 Å². The molecule has 4 aromatic carbocycles. The number of benzene rings is 4. The van der Waals surface area contributed by atoms with Crippen LogP contribution in [0.3, 0.4) is 0 Å². The summed E-state index contributed by atoms with van der Waals surface area (Å²) >= 11 is 0. The first-order chi connectivity index (χ1) is 18.2. The molecule has 0 aliphatic heterocycles. The first-order valence-electron chi connectivity index (χ1n) is 13.0. The third kappa shape index (κ3) is 11.6. The first kappa shape index (κ1) is 33.9. The summed E-state index contributed by atoms with van der Waals surface area (Å²) in [6, 6.07) is 44.0. The van der Waals surface area contributed by atoms with Crippen molar-refractivity contribution >= 4 is 29.3 Å². The average molecular weight is 566 g/mol. The van der Waals surface area contributed by atoms with Crippen LogP contribution >= 0.6 is 7.26 Å². The van der Waals surface area contributed by atoms with Crippen LogP contribution in [0.1, 0.15) is 25.3 Å². The summed E-state index contributed by atoms with van der Waals surface area (Å²) in [5.74, 6) is 0. The van der Waals surface area contributed by atoms with Crippen molar-refractivity contribution in [1.82, 2.24) is 0 Å². The monoisotopic (exact) mass is 565 g/mol. The molecule has 0 unspecified atom stereocenters. The van der Waals surface area contributed by atoms with Crippen molar-refractivity contribution < 1.29 is 31.9 Å². The molecule has 0 saturated carbocycles. The zero-order valence-corrected chi connectivity index (χ0v) is 25.1. The van der Waals surface area contributed by atoms with Gasteiger partial charge in [-0.3, -0.25) is 0 Å². The second-order valence-corrected chi connectivity index (χ2v) is 13.7. The fraction of sp³-hybridized carbons (Fsp3) is 0.242. The van der Waals surface area contributed by atoms with Crippen molar-refractivity contribution in [1.29, 1.82) is 0 Å². The maximum atomic E-state index is 8.44. The van der Waals surface area contributed by atoms with Gasteiger partial charge in [0.1, 0.15) is 29.7 Å². The lowest BCUT2D eigenvalue weighted by atomic mass is 10.2. The molecule has 0 aliphatic carbocycles. The molecule has 6 heteroatoms. The maximum Gasteiger partial charge on any atom is 0.249 e. The van der Waals surface area contributed by atoms with Crippen LogP contribution in [0, 0.1) is 0 Å². The van der Waals surface area contributed by atoms with Crippen LogP contribution in [-0.4, -0.2) is 43.0 Å². The topological polar surface area (TPSA) is 60.4 Å². The Balaban J connectivity index is 0.000000398. The second-order valence-electron chi connectivity index (χ2n) is 10.1. The van der Waals surface area contributed by atoms with Gasteiger partial charge in [-0.25, -0.2) is 0 Å². The Morgan fingerprint density at radius 3 is 1.28 bits per heavy atom. The molecule has 0 saturated heterocycles. The Bertz CT molecular complexity index is 1080. The number of unbranched alkanes of at least 4 members (excludes halogenated alkanes) is 1. The van der Waals surface area contributed by atoms with Gasteiger partial charge in [-0.05, 0) is 42.8 Å². The molecule has 0 aliphatic rings. The highest BCUT2D eigenvalue weighted by molar-refractivity contribution is 7.95. The highest BCUT2D eigenvalue weighted by Gasteiger charge is 2.44. The summed E-state index contributed by atoms with van der Waals surface area (Å²) in [6.45, 7) is 3.39. The Hall–Kier alpha value is -3.17. The van der Waals surface area contributed by atoms with Crippen molar-refractivity contribution in [2.75, 3.05) is 27.3 Å². The van der Waals surface area contributed by atoms with Crippen molar-refractivity contribution in [3.05, 3.63) is 127 Å². The number of nitrogens with zero attached hydrogens (tertiary/aromatic N) is 1. The van der Waals surface area contributed by atoms with Crippen LogP contribution in [-0.2, 0) is 6.54 Å². The summed E-state index contributed by atoms with van der Waals surface area (Å²) in [4.78, 5) is 8.44. The van der Waals surface area contributed by atoms with Gasteiger partial charge in [-0.1, -0.05) is 98.3 Å². The predicted molar refractivity (Wildman–Crippen MR) is 161 cm³/mol. The zero-order valence-electron chi connectivity index (χ0n) is 23.4. The molecule has 0 aromatic heterocycles. The van der Waals surface area contributed by atoms with Crippen molar-refractivity contribution in [3.63, 3.8) is 0 Å². The fourth-order valence-corrected chi connectivity index (χ4v) is 8.91. The van der Waals surface area contributed by atoms with E-state index in [9.17, 15) is 0 Å². The summed E-state index contributed by atoms with van der Waals surface area (Å²) < 4.78 is 0.990. The molecule has 0 radical (unpaired) electrons. The van der Waals surface area contributed by atoms with Crippen LogP contribution in [0.25, 0.3) is 0 Å². The zero-order chi connectivity index (χ0) is 27.9. The molecule has 0 heterocycles. The van der Waals surface area contributed by atoms with E-state index in [1.165, 1.54) is 40.5 Å². The minimum Gasteiger partial charge on any atom is -1.00 e. The molecular weight excluding hydrogens is 525 g/mol. The van der Waals surface area contributed by atoms with E-state index in [4.69, 9.17) is 15.0 Å². The molecule has 0 bridgehead atoms. The highest BCUT2D eigenvalue weighted by Crippen LogP contribution is 2.55. The minimum absolute atomic E-state index is 0. The lowest BCUT2D eigenvalue weighted by Crippen LogP contribution is -3.00. The second kappa shape index (κ2) is 17.4. The fourth-order valence-electron chi connectivity index (χ4n) is 4.41. The average Bonchev–Trinajstić information content (AvgIpc) is 2.91.